The van der Waals surface area contributed by atoms with Gasteiger partial charge in [-0.15, -0.1) is 0 Å². The predicted octanol–water partition coefficient (Wildman–Crippen LogP) is 14.1. The Bertz CT molecular complexity index is 3260. The zero-order valence-electron chi connectivity index (χ0n) is 32.1. The highest BCUT2D eigenvalue weighted by Crippen LogP contribution is 2.40. The second-order valence-electron chi connectivity index (χ2n) is 14.8. The van der Waals surface area contributed by atoms with Crippen LogP contribution in [0.4, 0.5) is 0 Å². The van der Waals surface area contributed by atoms with Crippen LogP contribution in [0.2, 0.25) is 0 Å². The monoisotopic (exact) mass is 752 g/mol. The highest BCUT2D eigenvalue weighted by atomic mass is 15.0. The molecule has 4 nitrogen and oxygen atoms in total. The van der Waals surface area contributed by atoms with Gasteiger partial charge in [0.2, 0.25) is 0 Å². The molecule has 11 rings (SSSR count). The van der Waals surface area contributed by atoms with Gasteiger partial charge in [0, 0.05) is 33.0 Å². The van der Waals surface area contributed by atoms with E-state index in [2.05, 4.69) is 205 Å². The molecule has 276 valence electrons. The lowest BCUT2D eigenvalue weighted by atomic mass is 9.95. The lowest BCUT2D eigenvalue weighted by Crippen LogP contribution is -2.02. The predicted molar refractivity (Wildman–Crippen MR) is 244 cm³/mol. The molecule has 0 aliphatic heterocycles. The molecule has 0 radical (unpaired) electrons. The summed E-state index contributed by atoms with van der Waals surface area (Å²) in [6, 6.07) is 77.0. The van der Waals surface area contributed by atoms with Gasteiger partial charge in [-0.05, 0) is 62.9 Å². The van der Waals surface area contributed by atoms with Crippen molar-refractivity contribution in [2.75, 3.05) is 0 Å². The van der Waals surface area contributed by atoms with Gasteiger partial charge < -0.3 is 4.57 Å². The summed E-state index contributed by atoms with van der Waals surface area (Å²) in [6.45, 7) is 0. The fourth-order valence-electron chi connectivity index (χ4n) is 8.50. The van der Waals surface area contributed by atoms with E-state index >= 15 is 0 Å². The second-order valence-corrected chi connectivity index (χ2v) is 14.8. The highest BCUT2D eigenvalue weighted by Gasteiger charge is 2.20. The molecule has 4 heteroatoms. The Morgan fingerprint density at radius 2 is 0.729 bits per heavy atom. The van der Waals surface area contributed by atoms with Crippen LogP contribution in [0.15, 0.2) is 218 Å². The molecule has 11 aromatic rings. The molecule has 2 heterocycles. The number of nitrogens with zero attached hydrogens (tertiary/aromatic N) is 4. The van der Waals surface area contributed by atoms with Gasteiger partial charge in [-0.25, -0.2) is 15.0 Å². The molecule has 0 saturated heterocycles. The molecule has 0 fully saturated rings. The molecule has 2 aromatic heterocycles. The molecule has 0 bridgehead atoms. The molecular formula is C55H36N4. The molecule has 0 aliphatic rings. The summed E-state index contributed by atoms with van der Waals surface area (Å²) in [4.78, 5) is 15.7. The third-order valence-corrected chi connectivity index (χ3v) is 11.3. The Morgan fingerprint density at radius 1 is 0.254 bits per heavy atom. The first kappa shape index (κ1) is 34.3. The molecular weight excluding hydrogens is 717 g/mol. The average Bonchev–Trinajstić information content (AvgIpc) is 3.66. The Labute approximate surface area is 342 Å². The highest BCUT2D eigenvalue weighted by molar-refractivity contribution is 6.10. The van der Waals surface area contributed by atoms with Gasteiger partial charge in [0.15, 0.2) is 17.5 Å². The van der Waals surface area contributed by atoms with Crippen molar-refractivity contribution in [3.63, 3.8) is 0 Å². The molecule has 0 aliphatic carbocycles. The second kappa shape index (κ2) is 14.5. The van der Waals surface area contributed by atoms with E-state index in [0.717, 1.165) is 55.3 Å². The van der Waals surface area contributed by atoms with Crippen LogP contribution in [0.1, 0.15) is 0 Å². The zero-order valence-corrected chi connectivity index (χ0v) is 32.1. The number of para-hydroxylation sites is 2. The van der Waals surface area contributed by atoms with E-state index in [1.165, 1.54) is 33.0 Å². The third-order valence-electron chi connectivity index (χ3n) is 11.3. The molecule has 0 unspecified atom stereocenters. The number of hydrogen-bond donors (Lipinski definition) is 0. The first-order chi connectivity index (χ1) is 29.3. The molecule has 0 atom stereocenters. The standard InChI is InChI=1S/C55H36N4/c1-4-17-37(18-5-1)40-23-14-24-41(35-40)44-34-33-42(36-52(44)59-50-31-12-10-25-47(50)48-26-11-13-32-51(48)59)54-56-53(39-21-8-3-9-22-39)57-55(58-54)49-30-16-28-45-43(27-15-29-46(45)49)38-19-6-2-7-20-38/h1-36H. The maximum atomic E-state index is 5.32. The van der Waals surface area contributed by atoms with Crippen LogP contribution >= 0.6 is 0 Å². The summed E-state index contributed by atoms with van der Waals surface area (Å²) in [5.41, 5.74) is 13.0. The van der Waals surface area contributed by atoms with E-state index in [-0.39, 0.29) is 0 Å². The lowest BCUT2D eigenvalue weighted by molar-refractivity contribution is 1.07. The van der Waals surface area contributed by atoms with Gasteiger partial charge in [-0.2, -0.15) is 0 Å². The molecule has 0 spiro atoms. The van der Waals surface area contributed by atoms with E-state index in [0.29, 0.717) is 17.5 Å². The average molecular weight is 753 g/mol. The van der Waals surface area contributed by atoms with Crippen molar-refractivity contribution in [3.8, 4) is 73.2 Å². The maximum absolute atomic E-state index is 5.32. The van der Waals surface area contributed by atoms with Gasteiger partial charge in [0.05, 0.1) is 16.7 Å². The van der Waals surface area contributed by atoms with Crippen LogP contribution in [0, 0.1) is 0 Å². The number of benzene rings is 9. The summed E-state index contributed by atoms with van der Waals surface area (Å²) >= 11 is 0. The van der Waals surface area contributed by atoms with Crippen LogP contribution in [0.25, 0.3) is 106 Å². The van der Waals surface area contributed by atoms with Crippen molar-refractivity contribution in [1.29, 1.82) is 0 Å². The van der Waals surface area contributed by atoms with Crippen LogP contribution in [0.5, 0.6) is 0 Å². The lowest BCUT2D eigenvalue weighted by Gasteiger charge is -2.17. The largest absolute Gasteiger partial charge is 0.309 e. The first-order valence-corrected chi connectivity index (χ1v) is 19.9. The SMILES string of the molecule is c1ccc(-c2cccc(-c3ccc(-c4nc(-c5ccccc5)nc(-c5cccc6c(-c7ccccc7)cccc56)n4)cc3-n3c4ccccc4c4ccccc43)c2)cc1. The zero-order chi connectivity index (χ0) is 39.1. The van der Waals surface area contributed by atoms with Crippen molar-refractivity contribution >= 4 is 32.6 Å². The number of hydrogen-bond acceptors (Lipinski definition) is 3. The Balaban J connectivity index is 1.16. The summed E-state index contributed by atoms with van der Waals surface area (Å²) < 4.78 is 2.40. The Hall–Kier alpha value is -7.95. The Kier molecular flexibility index (Phi) is 8.45. The molecule has 9 aromatic carbocycles. The van der Waals surface area contributed by atoms with Crippen molar-refractivity contribution < 1.29 is 0 Å². The smallest absolute Gasteiger partial charge is 0.164 e. The first-order valence-electron chi connectivity index (χ1n) is 19.9. The van der Waals surface area contributed by atoms with Gasteiger partial charge in [-0.3, -0.25) is 0 Å². The molecule has 0 amide bonds. The van der Waals surface area contributed by atoms with Crippen molar-refractivity contribution in [2.45, 2.75) is 0 Å². The summed E-state index contributed by atoms with van der Waals surface area (Å²) in [5, 5.41) is 4.65. The van der Waals surface area contributed by atoms with E-state index in [9.17, 15) is 0 Å². The normalized spacial score (nSPS) is 11.4. The van der Waals surface area contributed by atoms with E-state index in [1.54, 1.807) is 0 Å². The van der Waals surface area contributed by atoms with Crippen molar-refractivity contribution in [2.24, 2.45) is 0 Å². The van der Waals surface area contributed by atoms with E-state index < -0.39 is 0 Å². The van der Waals surface area contributed by atoms with Crippen LogP contribution < -0.4 is 0 Å². The van der Waals surface area contributed by atoms with Gasteiger partial charge in [0.1, 0.15) is 0 Å². The number of aromatic nitrogens is 4. The minimum absolute atomic E-state index is 0.608. The topological polar surface area (TPSA) is 43.6 Å². The van der Waals surface area contributed by atoms with Gasteiger partial charge >= 0.3 is 0 Å². The van der Waals surface area contributed by atoms with E-state index in [4.69, 9.17) is 15.0 Å². The van der Waals surface area contributed by atoms with Crippen molar-refractivity contribution in [1.82, 2.24) is 19.5 Å². The van der Waals surface area contributed by atoms with Crippen molar-refractivity contribution in [3.05, 3.63) is 218 Å². The fourth-order valence-corrected chi connectivity index (χ4v) is 8.50. The maximum Gasteiger partial charge on any atom is 0.164 e. The van der Waals surface area contributed by atoms with Crippen LogP contribution in [-0.2, 0) is 0 Å². The van der Waals surface area contributed by atoms with Gasteiger partial charge in [0.25, 0.3) is 0 Å². The minimum Gasteiger partial charge on any atom is -0.309 e. The summed E-state index contributed by atoms with van der Waals surface area (Å²) in [5.74, 6) is 1.86. The molecule has 0 saturated carbocycles. The minimum atomic E-state index is 0.608. The van der Waals surface area contributed by atoms with Gasteiger partial charge in [-0.1, -0.05) is 194 Å². The summed E-state index contributed by atoms with van der Waals surface area (Å²) in [7, 11) is 0. The Morgan fingerprint density at radius 3 is 1.41 bits per heavy atom. The molecule has 59 heavy (non-hydrogen) atoms. The fraction of sp³-hybridized carbons (Fsp3) is 0. The van der Waals surface area contributed by atoms with Crippen LogP contribution in [0.3, 0.4) is 0 Å². The summed E-state index contributed by atoms with van der Waals surface area (Å²) in [6.07, 6.45) is 0. The quantitative estimate of drug-likeness (QED) is 0.163. The molecule has 0 N–H and O–H groups in total. The number of fused-ring (bicyclic) bond motifs is 4. The number of rotatable bonds is 7. The third kappa shape index (κ3) is 6.15. The van der Waals surface area contributed by atoms with E-state index in [1.807, 2.05) is 18.2 Å². The van der Waals surface area contributed by atoms with Crippen LogP contribution in [-0.4, -0.2) is 19.5 Å².